The molecule has 3 heterocycles. The molecule has 1 saturated carbocycles. The molecule has 0 N–H and O–H groups in total. The van der Waals surface area contributed by atoms with E-state index >= 15 is 0 Å². The highest BCUT2D eigenvalue weighted by Crippen LogP contribution is 2.44. The first-order valence-electron chi connectivity index (χ1n) is 10.00. The van der Waals surface area contributed by atoms with Gasteiger partial charge in [-0.1, -0.05) is 18.9 Å². The lowest BCUT2D eigenvalue weighted by atomic mass is 9.80. The van der Waals surface area contributed by atoms with E-state index in [9.17, 15) is 8.78 Å². The Balaban J connectivity index is 1.15. The second kappa shape index (κ2) is 7.03. The van der Waals surface area contributed by atoms with Crippen molar-refractivity contribution in [3.8, 4) is 0 Å². The van der Waals surface area contributed by atoms with Gasteiger partial charge in [-0.05, 0) is 69.4 Å². The van der Waals surface area contributed by atoms with Gasteiger partial charge in [0.2, 0.25) is 5.92 Å². The van der Waals surface area contributed by atoms with Crippen molar-refractivity contribution in [2.24, 2.45) is 17.8 Å². The Morgan fingerprint density at radius 3 is 2.17 bits per heavy atom. The number of hydrogen-bond acceptors (Lipinski definition) is 3. The van der Waals surface area contributed by atoms with Gasteiger partial charge in [-0.2, -0.15) is 0 Å². The standard InChI is InChI=1S/C19H32F2N2S/c1-14-8-17-2-3-18(9-14)23(17)24-13-15-4-6-22(7-5-15)12-16-10-19(20,21)11-16/h14-18H,2-13H2,1H3. The molecule has 2 nitrogen and oxygen atoms in total. The van der Waals surface area contributed by atoms with Crippen LogP contribution < -0.4 is 0 Å². The third-order valence-electron chi connectivity index (χ3n) is 6.76. The summed E-state index contributed by atoms with van der Waals surface area (Å²) in [6.07, 6.45) is 8.38. The van der Waals surface area contributed by atoms with Crippen molar-refractivity contribution in [3.05, 3.63) is 0 Å². The summed E-state index contributed by atoms with van der Waals surface area (Å²) >= 11 is 2.13. The van der Waals surface area contributed by atoms with Crippen LogP contribution in [0.1, 0.15) is 58.3 Å². The molecule has 3 saturated heterocycles. The fourth-order valence-corrected chi connectivity index (χ4v) is 6.94. The van der Waals surface area contributed by atoms with E-state index in [0.29, 0.717) is 0 Å². The maximum absolute atomic E-state index is 12.9. The molecule has 4 rings (SSSR count). The van der Waals surface area contributed by atoms with E-state index in [-0.39, 0.29) is 18.8 Å². The van der Waals surface area contributed by atoms with Crippen molar-refractivity contribution in [1.29, 1.82) is 0 Å². The second-order valence-electron chi connectivity index (χ2n) is 8.99. The number of fused-ring (bicyclic) bond motifs is 2. The first kappa shape index (κ1) is 17.5. The second-order valence-corrected chi connectivity index (χ2v) is 10.0. The first-order chi connectivity index (χ1) is 11.5. The fraction of sp³-hybridized carbons (Fsp3) is 1.00. The van der Waals surface area contributed by atoms with Gasteiger partial charge >= 0.3 is 0 Å². The summed E-state index contributed by atoms with van der Waals surface area (Å²) in [5.41, 5.74) is 0. The van der Waals surface area contributed by atoms with Crippen molar-refractivity contribution in [2.75, 3.05) is 25.4 Å². The molecule has 0 radical (unpaired) electrons. The molecule has 2 atom stereocenters. The van der Waals surface area contributed by atoms with E-state index in [4.69, 9.17) is 0 Å². The zero-order chi connectivity index (χ0) is 16.7. The third kappa shape index (κ3) is 3.93. The van der Waals surface area contributed by atoms with Crippen LogP contribution in [0.25, 0.3) is 0 Å². The molecule has 4 aliphatic rings. The lowest BCUT2D eigenvalue weighted by molar-refractivity contribution is -0.117. The van der Waals surface area contributed by atoms with Crippen LogP contribution in [0.4, 0.5) is 8.78 Å². The van der Waals surface area contributed by atoms with E-state index in [0.717, 1.165) is 43.6 Å². The van der Waals surface area contributed by atoms with Crippen molar-refractivity contribution < 1.29 is 8.78 Å². The summed E-state index contributed by atoms with van der Waals surface area (Å²) in [7, 11) is 0. The molecule has 24 heavy (non-hydrogen) atoms. The number of hydrogen-bond donors (Lipinski definition) is 0. The average molecular weight is 359 g/mol. The topological polar surface area (TPSA) is 6.48 Å². The van der Waals surface area contributed by atoms with Crippen molar-refractivity contribution >= 4 is 11.9 Å². The van der Waals surface area contributed by atoms with Gasteiger partial charge in [0.25, 0.3) is 0 Å². The van der Waals surface area contributed by atoms with E-state index in [1.54, 1.807) is 0 Å². The SMILES string of the molecule is CC1CC2CCC(C1)N2SCC1CCN(CC2CC(F)(F)C2)CC1. The normalized spacial score (nSPS) is 38.4. The molecule has 138 valence electrons. The molecule has 2 bridgehead atoms. The predicted molar refractivity (Wildman–Crippen MR) is 96.3 cm³/mol. The highest BCUT2D eigenvalue weighted by Gasteiger charge is 2.45. The molecule has 0 spiro atoms. The smallest absolute Gasteiger partial charge is 0.248 e. The van der Waals surface area contributed by atoms with Crippen LogP contribution in [0, 0.1) is 17.8 Å². The molecule has 3 aliphatic heterocycles. The zero-order valence-corrected chi connectivity index (χ0v) is 15.7. The van der Waals surface area contributed by atoms with Crippen LogP contribution in [-0.4, -0.2) is 52.6 Å². The zero-order valence-electron chi connectivity index (χ0n) is 14.9. The number of rotatable bonds is 5. The Labute approximate surface area is 149 Å². The van der Waals surface area contributed by atoms with Crippen LogP contribution in [0.5, 0.6) is 0 Å². The van der Waals surface area contributed by atoms with Crippen LogP contribution in [0.15, 0.2) is 0 Å². The molecule has 0 aromatic carbocycles. The van der Waals surface area contributed by atoms with Crippen molar-refractivity contribution in [3.63, 3.8) is 0 Å². The lowest BCUT2D eigenvalue weighted by Gasteiger charge is -2.41. The minimum Gasteiger partial charge on any atom is -0.303 e. The number of halogens is 2. The van der Waals surface area contributed by atoms with Gasteiger partial charge in [0, 0.05) is 37.2 Å². The molecular weight excluding hydrogens is 326 g/mol. The molecule has 4 fully saturated rings. The Morgan fingerprint density at radius 1 is 0.958 bits per heavy atom. The Hall–Kier alpha value is 0.130. The highest BCUT2D eigenvalue weighted by molar-refractivity contribution is 7.97. The molecule has 2 unspecified atom stereocenters. The largest absolute Gasteiger partial charge is 0.303 e. The van der Waals surface area contributed by atoms with Gasteiger partial charge in [-0.25, -0.2) is 13.1 Å². The van der Waals surface area contributed by atoms with E-state index in [1.807, 2.05) is 0 Å². The first-order valence-corrected chi connectivity index (χ1v) is 10.9. The lowest BCUT2D eigenvalue weighted by Crippen LogP contribution is -2.45. The summed E-state index contributed by atoms with van der Waals surface area (Å²) in [6, 6.07) is 1.67. The summed E-state index contributed by atoms with van der Waals surface area (Å²) < 4.78 is 28.6. The number of likely N-dealkylation sites (tertiary alicyclic amines) is 1. The summed E-state index contributed by atoms with van der Waals surface area (Å²) in [5, 5.41) is 0. The molecule has 5 heteroatoms. The maximum atomic E-state index is 12.9. The van der Waals surface area contributed by atoms with E-state index in [2.05, 4.69) is 28.1 Å². The van der Waals surface area contributed by atoms with Gasteiger partial charge < -0.3 is 4.90 Å². The van der Waals surface area contributed by atoms with Gasteiger partial charge in [-0.3, -0.25) is 0 Å². The molecule has 0 amide bonds. The van der Waals surface area contributed by atoms with Crippen molar-refractivity contribution in [1.82, 2.24) is 9.21 Å². The van der Waals surface area contributed by atoms with Crippen LogP contribution in [0.2, 0.25) is 0 Å². The Bertz CT molecular complexity index is 417. The van der Waals surface area contributed by atoms with Gasteiger partial charge in [0.15, 0.2) is 0 Å². The molecular formula is C19H32F2N2S. The fourth-order valence-electron chi connectivity index (χ4n) is 5.42. The Morgan fingerprint density at radius 2 is 1.58 bits per heavy atom. The number of nitrogens with zero attached hydrogens (tertiary/aromatic N) is 2. The average Bonchev–Trinajstić information content (AvgIpc) is 2.75. The van der Waals surface area contributed by atoms with Gasteiger partial charge in [-0.15, -0.1) is 0 Å². The predicted octanol–water partition coefficient (Wildman–Crippen LogP) is 4.65. The maximum Gasteiger partial charge on any atom is 0.248 e. The monoisotopic (exact) mass is 358 g/mol. The summed E-state index contributed by atoms with van der Waals surface area (Å²) in [4.78, 5) is 2.44. The Kier molecular flexibility index (Phi) is 5.14. The van der Waals surface area contributed by atoms with Gasteiger partial charge in [0.1, 0.15) is 0 Å². The van der Waals surface area contributed by atoms with E-state index in [1.165, 1.54) is 44.3 Å². The quantitative estimate of drug-likeness (QED) is 0.660. The molecule has 1 aliphatic carbocycles. The molecule has 0 aromatic rings. The van der Waals surface area contributed by atoms with E-state index < -0.39 is 5.92 Å². The van der Waals surface area contributed by atoms with Crippen LogP contribution in [-0.2, 0) is 0 Å². The van der Waals surface area contributed by atoms with Gasteiger partial charge in [0.05, 0.1) is 0 Å². The van der Waals surface area contributed by atoms with Crippen molar-refractivity contribution in [2.45, 2.75) is 76.3 Å². The highest BCUT2D eigenvalue weighted by atomic mass is 32.2. The number of piperidine rings is 2. The minimum atomic E-state index is -2.36. The van der Waals surface area contributed by atoms with Crippen LogP contribution >= 0.6 is 11.9 Å². The summed E-state index contributed by atoms with van der Waals surface area (Å²) in [5.74, 6) is 0.910. The minimum absolute atomic E-state index is 0.124. The number of alkyl halides is 2. The molecule has 0 aromatic heterocycles. The van der Waals surface area contributed by atoms with Crippen LogP contribution in [0.3, 0.4) is 0 Å². The summed E-state index contributed by atoms with van der Waals surface area (Å²) in [6.45, 7) is 5.57. The third-order valence-corrected chi connectivity index (χ3v) is 8.27.